The quantitative estimate of drug-likeness (QED) is 0.0970. The molecule has 2 aromatic rings. The molecule has 15 heteroatoms. The molecule has 4 rings (SSSR count). The van der Waals surface area contributed by atoms with E-state index in [0.29, 0.717) is 24.3 Å². The molecule has 1 amide bonds. The zero-order valence-electron chi connectivity index (χ0n) is 24.8. The normalized spacial score (nSPS) is 19.0. The van der Waals surface area contributed by atoms with E-state index in [0.717, 1.165) is 18.5 Å². The number of rotatable bonds is 12. The SMILES string of the molecule is COC(=O)C#CC(CCNS(=O)(=O)c1cc2c(cc1Cl)N[C@H](CCc1ccccc1)NS2)NC(C)C(=O)N1CCC[C@H]1C(=O)O. The molecule has 2 heterocycles. The summed E-state index contributed by atoms with van der Waals surface area (Å²) in [6, 6.07) is 10.7. The number of fused-ring (bicyclic) bond motifs is 1. The molecule has 0 aromatic heterocycles. The lowest BCUT2D eigenvalue weighted by molar-refractivity contribution is -0.148. The number of benzene rings is 2. The van der Waals surface area contributed by atoms with E-state index in [1.165, 1.54) is 35.6 Å². The summed E-state index contributed by atoms with van der Waals surface area (Å²) in [6.07, 6.45) is 2.65. The van der Waals surface area contributed by atoms with Crippen LogP contribution in [0.4, 0.5) is 5.69 Å². The molecule has 0 bridgehead atoms. The number of sulfonamides is 1. The predicted octanol–water partition coefficient (Wildman–Crippen LogP) is 2.59. The molecule has 0 aliphatic carbocycles. The maximum absolute atomic E-state index is 13.3. The summed E-state index contributed by atoms with van der Waals surface area (Å²) in [4.78, 5) is 38.1. The van der Waals surface area contributed by atoms with Crippen LogP contribution in [0.5, 0.6) is 0 Å². The van der Waals surface area contributed by atoms with Gasteiger partial charge in [0, 0.05) is 23.9 Å². The number of likely N-dealkylation sites (tertiary alicyclic amines) is 1. The fraction of sp³-hybridized carbons (Fsp3) is 0.433. The van der Waals surface area contributed by atoms with E-state index in [9.17, 15) is 27.9 Å². The maximum Gasteiger partial charge on any atom is 0.384 e. The van der Waals surface area contributed by atoms with Gasteiger partial charge in [0.15, 0.2) is 0 Å². The van der Waals surface area contributed by atoms with E-state index in [2.05, 4.69) is 48.8 Å². The smallest absolute Gasteiger partial charge is 0.384 e. The van der Waals surface area contributed by atoms with Crippen molar-refractivity contribution in [1.82, 2.24) is 19.7 Å². The van der Waals surface area contributed by atoms with Gasteiger partial charge in [-0.15, -0.1) is 0 Å². The average molecular weight is 678 g/mol. The topological polar surface area (TPSA) is 166 Å². The molecule has 12 nitrogen and oxygen atoms in total. The molecule has 2 aliphatic rings. The number of anilines is 1. The molecule has 0 spiro atoms. The lowest BCUT2D eigenvalue weighted by atomic mass is 10.1. The molecule has 2 aromatic carbocycles. The number of aryl methyl sites for hydroxylation is 1. The molecular weight excluding hydrogens is 642 g/mol. The number of hydrogen-bond acceptors (Lipinski definition) is 10. The highest BCUT2D eigenvalue weighted by atomic mass is 35.5. The third kappa shape index (κ3) is 9.35. The number of carboxylic acids is 1. The Morgan fingerprint density at radius 1 is 1.24 bits per heavy atom. The number of halogens is 1. The number of nitrogens with one attached hydrogen (secondary N) is 4. The van der Waals surface area contributed by atoms with Crippen molar-refractivity contribution >= 4 is 57.1 Å². The monoisotopic (exact) mass is 677 g/mol. The van der Waals surface area contributed by atoms with Crippen LogP contribution in [-0.4, -0.2) is 80.8 Å². The minimum Gasteiger partial charge on any atom is -0.480 e. The van der Waals surface area contributed by atoms with Crippen LogP contribution in [0, 0.1) is 11.8 Å². The Bertz CT molecular complexity index is 1570. The largest absolute Gasteiger partial charge is 0.480 e. The second kappa shape index (κ2) is 15.8. The van der Waals surface area contributed by atoms with E-state index < -0.39 is 46.0 Å². The van der Waals surface area contributed by atoms with Crippen molar-refractivity contribution in [3.8, 4) is 11.8 Å². The molecule has 0 saturated carbocycles. The Labute approximate surface area is 272 Å². The number of carboxylic acid groups (broad SMARTS) is 1. The molecule has 242 valence electrons. The highest BCUT2D eigenvalue weighted by Gasteiger charge is 2.36. The summed E-state index contributed by atoms with van der Waals surface area (Å²) in [6.45, 7) is 1.78. The second-order valence-electron chi connectivity index (χ2n) is 10.6. The van der Waals surface area contributed by atoms with E-state index in [-0.39, 0.29) is 29.0 Å². The van der Waals surface area contributed by atoms with E-state index in [1.54, 1.807) is 13.0 Å². The first-order valence-electron chi connectivity index (χ1n) is 14.4. The number of hydrogen-bond donors (Lipinski definition) is 5. The van der Waals surface area contributed by atoms with Crippen LogP contribution < -0.4 is 20.1 Å². The van der Waals surface area contributed by atoms with Gasteiger partial charge in [-0.1, -0.05) is 47.9 Å². The minimum atomic E-state index is -4.05. The van der Waals surface area contributed by atoms with Gasteiger partial charge in [0.1, 0.15) is 10.9 Å². The first-order valence-corrected chi connectivity index (χ1v) is 17.1. The highest BCUT2D eigenvalue weighted by Crippen LogP contribution is 2.37. The molecule has 1 saturated heterocycles. The van der Waals surface area contributed by atoms with Gasteiger partial charge in [0.2, 0.25) is 15.9 Å². The number of carbonyl (C=O) groups is 3. The number of carbonyl (C=O) groups excluding carboxylic acids is 2. The molecule has 45 heavy (non-hydrogen) atoms. The summed E-state index contributed by atoms with van der Waals surface area (Å²) >= 11 is 7.77. The fourth-order valence-electron chi connectivity index (χ4n) is 5.10. The first-order chi connectivity index (χ1) is 21.5. The van der Waals surface area contributed by atoms with Crippen LogP contribution >= 0.6 is 23.5 Å². The van der Waals surface area contributed by atoms with Crippen molar-refractivity contribution in [2.45, 2.75) is 73.1 Å². The van der Waals surface area contributed by atoms with Gasteiger partial charge in [-0.05, 0) is 68.7 Å². The molecule has 1 fully saturated rings. The summed E-state index contributed by atoms with van der Waals surface area (Å²) < 4.78 is 36.9. The van der Waals surface area contributed by atoms with E-state index >= 15 is 0 Å². The number of esters is 1. The molecular formula is C30H36ClN5O7S2. The van der Waals surface area contributed by atoms with Crippen LogP contribution in [0.25, 0.3) is 0 Å². The Kier molecular flexibility index (Phi) is 12.1. The molecule has 2 unspecified atom stereocenters. The third-order valence-corrected chi connectivity index (χ3v) is 10.3. The van der Waals surface area contributed by atoms with Gasteiger partial charge >= 0.3 is 11.9 Å². The van der Waals surface area contributed by atoms with Crippen molar-refractivity contribution in [2.24, 2.45) is 0 Å². The van der Waals surface area contributed by atoms with E-state index in [4.69, 9.17) is 11.6 Å². The van der Waals surface area contributed by atoms with Gasteiger partial charge in [-0.3, -0.25) is 10.1 Å². The Balaban J connectivity index is 1.38. The number of aliphatic carboxylic acids is 1. The first kappa shape index (κ1) is 34.6. The van der Waals surface area contributed by atoms with Gasteiger partial charge in [0.05, 0.1) is 36.1 Å². The van der Waals surface area contributed by atoms with Crippen LogP contribution in [0.2, 0.25) is 5.02 Å². The average Bonchev–Trinajstić information content (AvgIpc) is 3.52. The number of methoxy groups -OCH3 is 1. The Morgan fingerprint density at radius 3 is 2.71 bits per heavy atom. The predicted molar refractivity (Wildman–Crippen MR) is 171 cm³/mol. The maximum atomic E-state index is 13.3. The van der Waals surface area contributed by atoms with E-state index in [1.807, 2.05) is 18.2 Å². The lowest BCUT2D eigenvalue weighted by Crippen LogP contribution is -2.51. The number of amides is 1. The zero-order valence-corrected chi connectivity index (χ0v) is 27.2. The number of nitrogens with zero attached hydrogens (tertiary/aromatic N) is 1. The van der Waals surface area contributed by atoms with Crippen LogP contribution in [0.1, 0.15) is 38.2 Å². The molecule has 2 aliphatic heterocycles. The molecule has 5 N–H and O–H groups in total. The van der Waals surface area contributed by atoms with Crippen molar-refractivity contribution in [3.63, 3.8) is 0 Å². The van der Waals surface area contributed by atoms with Crippen molar-refractivity contribution in [3.05, 3.63) is 53.1 Å². The molecule has 0 radical (unpaired) electrons. The fourth-order valence-corrected chi connectivity index (χ4v) is 7.62. The Morgan fingerprint density at radius 2 is 2.00 bits per heavy atom. The summed E-state index contributed by atoms with van der Waals surface area (Å²) in [5.41, 5.74) is 1.94. The van der Waals surface area contributed by atoms with Gasteiger partial charge < -0.3 is 20.1 Å². The standard InChI is InChI=1S/C30H36ClN5O7S2/c1-19(29(38)36-16-6-9-24(36)30(39)40)33-21(11-13-28(37)43-2)14-15-32-45(41,42)26-18-25-23(17-22(26)31)34-27(35-44-25)12-10-20-7-4-3-5-8-20/h3-5,7-8,17-19,21,24,27,32-35H,6,9-10,12,14-16H2,1-2H3,(H,39,40)/t19?,21?,24-,27-/m0/s1. The molecule has 4 atom stereocenters. The van der Waals surface area contributed by atoms with Crippen LogP contribution in [0.15, 0.2) is 52.3 Å². The second-order valence-corrected chi connectivity index (χ2v) is 13.7. The lowest BCUT2D eigenvalue weighted by Gasteiger charge is -2.28. The minimum absolute atomic E-state index is 0.0374. The van der Waals surface area contributed by atoms with Gasteiger partial charge in [-0.25, -0.2) is 27.5 Å². The highest BCUT2D eigenvalue weighted by molar-refractivity contribution is 7.97. The van der Waals surface area contributed by atoms with Crippen LogP contribution in [0.3, 0.4) is 0 Å². The van der Waals surface area contributed by atoms with Crippen molar-refractivity contribution in [1.29, 1.82) is 0 Å². The van der Waals surface area contributed by atoms with Gasteiger partial charge in [-0.2, -0.15) is 0 Å². The number of ether oxygens (including phenoxy) is 1. The third-order valence-electron chi connectivity index (χ3n) is 7.43. The van der Waals surface area contributed by atoms with Gasteiger partial charge in [0.25, 0.3) is 0 Å². The van der Waals surface area contributed by atoms with Crippen molar-refractivity contribution < 1.29 is 32.6 Å². The van der Waals surface area contributed by atoms with Crippen LogP contribution in [-0.2, 0) is 35.6 Å². The Hall–Kier alpha value is -3.32. The zero-order chi connectivity index (χ0) is 32.6. The summed E-state index contributed by atoms with van der Waals surface area (Å²) in [5, 5.41) is 15.9. The summed E-state index contributed by atoms with van der Waals surface area (Å²) in [5.74, 6) is 2.70. The summed E-state index contributed by atoms with van der Waals surface area (Å²) in [7, 11) is -2.87. The van der Waals surface area contributed by atoms with Crippen molar-refractivity contribution in [2.75, 3.05) is 25.5 Å².